The molecule has 1 unspecified atom stereocenters. The highest BCUT2D eigenvalue weighted by atomic mass is 16.5. The summed E-state index contributed by atoms with van der Waals surface area (Å²) in [7, 11) is 0. The monoisotopic (exact) mass is 200 g/mol. The molecule has 0 amide bonds. The van der Waals surface area contributed by atoms with E-state index in [2.05, 4.69) is 25.7 Å². The summed E-state index contributed by atoms with van der Waals surface area (Å²) >= 11 is 0. The number of nitrogens with zero attached hydrogens (tertiary/aromatic N) is 1. The van der Waals surface area contributed by atoms with E-state index in [1.165, 1.54) is 0 Å². The standard InChI is InChI=1S/C11H24N2O/c1-4-5-10(12)11(2,3)13-6-8-14-9-7-13/h10H,4-9,12H2,1-3H3. The van der Waals surface area contributed by atoms with Gasteiger partial charge in [-0.25, -0.2) is 0 Å². The molecule has 84 valence electrons. The number of hydrogen-bond acceptors (Lipinski definition) is 3. The minimum Gasteiger partial charge on any atom is -0.379 e. The second-order valence-electron chi connectivity index (χ2n) is 4.65. The van der Waals surface area contributed by atoms with Crippen LogP contribution in [0.1, 0.15) is 33.6 Å². The average Bonchev–Trinajstić information content (AvgIpc) is 2.19. The van der Waals surface area contributed by atoms with E-state index in [1.54, 1.807) is 0 Å². The molecule has 1 aliphatic heterocycles. The zero-order valence-electron chi connectivity index (χ0n) is 9.75. The van der Waals surface area contributed by atoms with Crippen LogP contribution in [0.2, 0.25) is 0 Å². The summed E-state index contributed by atoms with van der Waals surface area (Å²) in [6.45, 7) is 10.4. The number of hydrogen-bond donors (Lipinski definition) is 1. The Kier molecular flexibility index (Phi) is 4.35. The Hall–Kier alpha value is -0.120. The molecule has 0 aliphatic carbocycles. The lowest BCUT2D eigenvalue weighted by Crippen LogP contribution is -2.59. The van der Waals surface area contributed by atoms with Crippen molar-refractivity contribution in [3.63, 3.8) is 0 Å². The second kappa shape index (κ2) is 5.10. The average molecular weight is 200 g/mol. The van der Waals surface area contributed by atoms with Gasteiger partial charge in [0.2, 0.25) is 0 Å². The molecule has 0 aromatic heterocycles. The van der Waals surface area contributed by atoms with Gasteiger partial charge in [0.1, 0.15) is 0 Å². The molecule has 2 N–H and O–H groups in total. The molecule has 1 fully saturated rings. The van der Waals surface area contributed by atoms with Crippen LogP contribution in [0.25, 0.3) is 0 Å². The lowest BCUT2D eigenvalue weighted by Gasteiger charge is -2.44. The number of ether oxygens (including phenoxy) is 1. The van der Waals surface area contributed by atoms with E-state index in [0.29, 0.717) is 0 Å². The Labute approximate surface area is 87.6 Å². The van der Waals surface area contributed by atoms with Crippen LogP contribution < -0.4 is 5.73 Å². The van der Waals surface area contributed by atoms with Crippen molar-refractivity contribution >= 4 is 0 Å². The Bertz CT molecular complexity index is 165. The maximum absolute atomic E-state index is 6.21. The van der Waals surface area contributed by atoms with Gasteiger partial charge in [0.05, 0.1) is 13.2 Å². The van der Waals surface area contributed by atoms with E-state index in [0.717, 1.165) is 39.1 Å². The molecule has 0 bridgehead atoms. The third-order valence-electron chi connectivity index (χ3n) is 3.33. The molecule has 14 heavy (non-hydrogen) atoms. The molecule has 1 saturated heterocycles. The van der Waals surface area contributed by atoms with E-state index in [4.69, 9.17) is 10.5 Å². The van der Waals surface area contributed by atoms with Crippen molar-refractivity contribution in [2.75, 3.05) is 26.3 Å². The first-order chi connectivity index (χ1) is 6.59. The van der Waals surface area contributed by atoms with E-state index < -0.39 is 0 Å². The Balaban J connectivity index is 2.52. The normalized spacial score (nSPS) is 22.3. The highest BCUT2D eigenvalue weighted by molar-refractivity contribution is 4.92. The van der Waals surface area contributed by atoms with E-state index >= 15 is 0 Å². The molecule has 0 spiro atoms. The molecule has 3 heteroatoms. The summed E-state index contributed by atoms with van der Waals surface area (Å²) in [5, 5.41) is 0. The summed E-state index contributed by atoms with van der Waals surface area (Å²) in [6, 6.07) is 0.269. The minimum atomic E-state index is 0.111. The quantitative estimate of drug-likeness (QED) is 0.741. The first-order valence-electron chi connectivity index (χ1n) is 5.67. The van der Waals surface area contributed by atoms with Gasteiger partial charge in [0, 0.05) is 24.7 Å². The van der Waals surface area contributed by atoms with Crippen LogP contribution in [0, 0.1) is 0 Å². The van der Waals surface area contributed by atoms with Crippen LogP contribution in [0.15, 0.2) is 0 Å². The first-order valence-corrected chi connectivity index (χ1v) is 5.67. The van der Waals surface area contributed by atoms with Gasteiger partial charge in [-0.1, -0.05) is 13.3 Å². The predicted octanol–water partition coefficient (Wildman–Crippen LogP) is 1.22. The Morgan fingerprint density at radius 1 is 1.36 bits per heavy atom. The van der Waals surface area contributed by atoms with Gasteiger partial charge < -0.3 is 10.5 Å². The van der Waals surface area contributed by atoms with E-state index in [9.17, 15) is 0 Å². The van der Waals surface area contributed by atoms with Crippen LogP contribution in [-0.4, -0.2) is 42.8 Å². The summed E-state index contributed by atoms with van der Waals surface area (Å²) in [5.74, 6) is 0. The number of rotatable bonds is 4. The van der Waals surface area contributed by atoms with Gasteiger partial charge in [-0.3, -0.25) is 4.90 Å². The maximum Gasteiger partial charge on any atom is 0.0594 e. The highest BCUT2D eigenvalue weighted by Gasteiger charge is 2.33. The molecule has 0 aromatic carbocycles. The van der Waals surface area contributed by atoms with Crippen LogP contribution in [0.5, 0.6) is 0 Å². The molecular formula is C11H24N2O. The molecule has 1 aliphatic rings. The highest BCUT2D eigenvalue weighted by Crippen LogP contribution is 2.21. The van der Waals surface area contributed by atoms with Crippen molar-refractivity contribution in [2.24, 2.45) is 5.73 Å². The van der Waals surface area contributed by atoms with Gasteiger partial charge in [0.25, 0.3) is 0 Å². The zero-order valence-corrected chi connectivity index (χ0v) is 9.75. The van der Waals surface area contributed by atoms with Crippen LogP contribution in [0.3, 0.4) is 0 Å². The van der Waals surface area contributed by atoms with Crippen LogP contribution in [0.4, 0.5) is 0 Å². The largest absolute Gasteiger partial charge is 0.379 e. The van der Waals surface area contributed by atoms with Crippen molar-refractivity contribution in [2.45, 2.75) is 45.2 Å². The third-order valence-corrected chi connectivity index (χ3v) is 3.33. The van der Waals surface area contributed by atoms with Gasteiger partial charge in [-0.05, 0) is 20.3 Å². The van der Waals surface area contributed by atoms with Crippen molar-refractivity contribution in [3.8, 4) is 0 Å². The summed E-state index contributed by atoms with van der Waals surface area (Å²) in [5.41, 5.74) is 6.32. The van der Waals surface area contributed by atoms with Crippen molar-refractivity contribution in [1.82, 2.24) is 4.90 Å². The summed E-state index contributed by atoms with van der Waals surface area (Å²) < 4.78 is 5.35. The molecule has 1 rings (SSSR count). The van der Waals surface area contributed by atoms with Gasteiger partial charge in [0.15, 0.2) is 0 Å². The van der Waals surface area contributed by atoms with Crippen molar-refractivity contribution in [3.05, 3.63) is 0 Å². The fourth-order valence-electron chi connectivity index (χ4n) is 2.04. The SMILES string of the molecule is CCCC(N)C(C)(C)N1CCOCC1. The first kappa shape index (κ1) is 12.0. The summed E-state index contributed by atoms with van der Waals surface area (Å²) in [6.07, 6.45) is 2.26. The molecular weight excluding hydrogens is 176 g/mol. The smallest absolute Gasteiger partial charge is 0.0594 e. The predicted molar refractivity (Wildman–Crippen MR) is 59.4 cm³/mol. The third kappa shape index (κ3) is 2.69. The number of nitrogens with two attached hydrogens (primary N) is 1. The fraction of sp³-hybridized carbons (Fsp3) is 1.00. The second-order valence-corrected chi connectivity index (χ2v) is 4.65. The molecule has 0 aromatic rings. The number of morpholine rings is 1. The fourth-order valence-corrected chi connectivity index (χ4v) is 2.04. The molecule has 0 saturated carbocycles. The molecule has 1 heterocycles. The van der Waals surface area contributed by atoms with Gasteiger partial charge in [-0.2, -0.15) is 0 Å². The van der Waals surface area contributed by atoms with Gasteiger partial charge >= 0.3 is 0 Å². The molecule has 3 nitrogen and oxygen atoms in total. The maximum atomic E-state index is 6.21. The topological polar surface area (TPSA) is 38.5 Å². The molecule has 1 atom stereocenters. The van der Waals surface area contributed by atoms with Gasteiger partial charge in [-0.15, -0.1) is 0 Å². The lowest BCUT2D eigenvalue weighted by molar-refractivity contribution is -0.0196. The molecule has 0 radical (unpaired) electrons. The van der Waals surface area contributed by atoms with Crippen molar-refractivity contribution in [1.29, 1.82) is 0 Å². The zero-order chi connectivity index (χ0) is 10.6. The Morgan fingerprint density at radius 3 is 2.43 bits per heavy atom. The summed E-state index contributed by atoms with van der Waals surface area (Å²) in [4.78, 5) is 2.46. The lowest BCUT2D eigenvalue weighted by atomic mass is 9.89. The van der Waals surface area contributed by atoms with E-state index in [-0.39, 0.29) is 11.6 Å². The van der Waals surface area contributed by atoms with Crippen molar-refractivity contribution < 1.29 is 4.74 Å². The van der Waals surface area contributed by atoms with Crippen LogP contribution in [-0.2, 0) is 4.74 Å². The van der Waals surface area contributed by atoms with Crippen LogP contribution >= 0.6 is 0 Å². The Morgan fingerprint density at radius 2 is 1.93 bits per heavy atom. The minimum absolute atomic E-state index is 0.111. The van der Waals surface area contributed by atoms with E-state index in [1.807, 2.05) is 0 Å².